The molecule has 3 rings (SSSR count). The maximum absolute atomic E-state index is 12.5. The van der Waals surface area contributed by atoms with Crippen LogP contribution >= 0.6 is 23.1 Å². The highest BCUT2D eigenvalue weighted by molar-refractivity contribution is 8.02. The Morgan fingerprint density at radius 3 is 2.61 bits per heavy atom. The summed E-state index contributed by atoms with van der Waals surface area (Å²) in [5, 5.41) is 19.0. The summed E-state index contributed by atoms with van der Waals surface area (Å²) in [6.07, 6.45) is 1.68. The first-order valence-electron chi connectivity index (χ1n) is 8.72. The van der Waals surface area contributed by atoms with Crippen LogP contribution in [0.2, 0.25) is 0 Å². The number of hydrogen-bond donors (Lipinski definition) is 2. The first-order chi connectivity index (χ1) is 13.5. The lowest BCUT2D eigenvalue weighted by Gasteiger charge is -2.14. The predicted octanol–water partition coefficient (Wildman–Crippen LogP) is 4.19. The molecule has 0 unspecified atom stereocenters. The Labute approximate surface area is 171 Å². The molecule has 10 heteroatoms. The molecule has 0 saturated carbocycles. The lowest BCUT2D eigenvalue weighted by atomic mass is 10.3. The van der Waals surface area contributed by atoms with Crippen LogP contribution in [-0.2, 0) is 4.79 Å². The van der Waals surface area contributed by atoms with Crippen molar-refractivity contribution in [2.45, 2.75) is 36.4 Å². The molecule has 0 aliphatic carbocycles. The predicted molar refractivity (Wildman–Crippen MR) is 113 cm³/mol. The molecule has 8 nitrogen and oxygen atoms in total. The van der Waals surface area contributed by atoms with Crippen LogP contribution in [0.4, 0.5) is 16.6 Å². The van der Waals surface area contributed by atoms with Gasteiger partial charge in [-0.2, -0.15) is 5.10 Å². The van der Waals surface area contributed by atoms with E-state index >= 15 is 0 Å². The molecule has 148 valence electrons. The Kier molecular flexibility index (Phi) is 6.53. The van der Waals surface area contributed by atoms with E-state index in [2.05, 4.69) is 25.9 Å². The SMILES string of the molecule is COc1ccc(Nc2nnc(S[C@H](C)C(=O)Nc3ccnn3C(C)C)s2)cc1. The number of carbonyl (C=O) groups is 1. The van der Waals surface area contributed by atoms with Gasteiger partial charge >= 0.3 is 0 Å². The molecule has 0 aliphatic rings. The molecule has 0 aliphatic heterocycles. The molecule has 1 amide bonds. The van der Waals surface area contributed by atoms with Crippen LogP contribution in [0.15, 0.2) is 40.9 Å². The van der Waals surface area contributed by atoms with E-state index in [0.717, 1.165) is 15.8 Å². The van der Waals surface area contributed by atoms with Gasteiger partial charge in [-0.25, -0.2) is 4.68 Å². The Morgan fingerprint density at radius 2 is 1.93 bits per heavy atom. The number of benzene rings is 1. The highest BCUT2D eigenvalue weighted by atomic mass is 32.2. The van der Waals surface area contributed by atoms with Gasteiger partial charge in [0, 0.05) is 17.8 Å². The molecule has 2 aromatic heterocycles. The van der Waals surface area contributed by atoms with Crippen molar-refractivity contribution in [3.05, 3.63) is 36.5 Å². The van der Waals surface area contributed by atoms with Crippen LogP contribution in [0, 0.1) is 0 Å². The van der Waals surface area contributed by atoms with Crippen LogP contribution < -0.4 is 15.4 Å². The number of thioether (sulfide) groups is 1. The van der Waals surface area contributed by atoms with E-state index in [1.54, 1.807) is 24.1 Å². The average Bonchev–Trinajstić information content (AvgIpc) is 3.31. The minimum absolute atomic E-state index is 0.104. The fourth-order valence-corrected chi connectivity index (χ4v) is 4.28. The summed E-state index contributed by atoms with van der Waals surface area (Å²) >= 11 is 2.77. The van der Waals surface area contributed by atoms with Gasteiger partial charge in [0.2, 0.25) is 11.0 Å². The smallest absolute Gasteiger partial charge is 0.238 e. The molecule has 3 aromatic rings. The van der Waals surface area contributed by atoms with Crippen molar-refractivity contribution in [2.24, 2.45) is 0 Å². The first-order valence-corrected chi connectivity index (χ1v) is 10.4. The van der Waals surface area contributed by atoms with Gasteiger partial charge in [0.25, 0.3) is 0 Å². The number of methoxy groups -OCH3 is 1. The number of carbonyl (C=O) groups excluding carboxylic acids is 1. The van der Waals surface area contributed by atoms with Crippen molar-refractivity contribution in [1.82, 2.24) is 20.0 Å². The molecule has 1 aromatic carbocycles. The summed E-state index contributed by atoms with van der Waals surface area (Å²) in [5.41, 5.74) is 0.890. The molecule has 28 heavy (non-hydrogen) atoms. The fourth-order valence-electron chi connectivity index (χ4n) is 2.36. The molecule has 0 bridgehead atoms. The van der Waals surface area contributed by atoms with E-state index < -0.39 is 0 Å². The summed E-state index contributed by atoms with van der Waals surface area (Å²) < 4.78 is 7.64. The minimum atomic E-state index is -0.322. The first kappa shape index (κ1) is 20.2. The molecule has 0 fully saturated rings. The zero-order valence-electron chi connectivity index (χ0n) is 16.0. The van der Waals surface area contributed by atoms with Gasteiger partial charge in [0.15, 0.2) is 4.34 Å². The number of amides is 1. The van der Waals surface area contributed by atoms with Gasteiger partial charge in [-0.05, 0) is 45.0 Å². The monoisotopic (exact) mass is 418 g/mol. The second kappa shape index (κ2) is 9.07. The summed E-state index contributed by atoms with van der Waals surface area (Å²) in [7, 11) is 1.63. The van der Waals surface area contributed by atoms with Crippen LogP contribution in [0.3, 0.4) is 0 Å². The summed E-state index contributed by atoms with van der Waals surface area (Å²) in [4.78, 5) is 12.5. The van der Waals surface area contributed by atoms with Gasteiger partial charge in [0.1, 0.15) is 11.6 Å². The van der Waals surface area contributed by atoms with E-state index in [0.29, 0.717) is 10.9 Å². The van der Waals surface area contributed by atoms with Gasteiger partial charge in [-0.3, -0.25) is 4.79 Å². The van der Waals surface area contributed by atoms with Crippen LogP contribution in [0.1, 0.15) is 26.8 Å². The number of nitrogens with zero attached hydrogens (tertiary/aromatic N) is 4. The summed E-state index contributed by atoms with van der Waals surface area (Å²) in [5.74, 6) is 1.37. The van der Waals surface area contributed by atoms with Gasteiger partial charge in [-0.1, -0.05) is 23.1 Å². The topological polar surface area (TPSA) is 94.0 Å². The molecule has 1 atom stereocenters. The summed E-state index contributed by atoms with van der Waals surface area (Å²) in [6, 6.07) is 9.50. The minimum Gasteiger partial charge on any atom is -0.497 e. The number of aromatic nitrogens is 4. The van der Waals surface area contributed by atoms with Crippen molar-refractivity contribution in [3.63, 3.8) is 0 Å². The number of nitrogens with one attached hydrogen (secondary N) is 2. The maximum Gasteiger partial charge on any atom is 0.238 e. The molecule has 0 spiro atoms. The van der Waals surface area contributed by atoms with Crippen molar-refractivity contribution >= 4 is 45.6 Å². The lowest BCUT2D eigenvalue weighted by molar-refractivity contribution is -0.115. The molecule has 2 N–H and O–H groups in total. The zero-order chi connectivity index (χ0) is 20.1. The van der Waals surface area contributed by atoms with Crippen LogP contribution in [0.5, 0.6) is 5.75 Å². The molecular weight excluding hydrogens is 396 g/mol. The summed E-state index contributed by atoms with van der Waals surface area (Å²) in [6.45, 7) is 5.87. The van der Waals surface area contributed by atoms with E-state index in [1.807, 2.05) is 45.0 Å². The third kappa shape index (κ3) is 5.02. The third-order valence-corrected chi connectivity index (χ3v) is 5.83. The van der Waals surface area contributed by atoms with Gasteiger partial charge in [0.05, 0.1) is 18.6 Å². The van der Waals surface area contributed by atoms with Gasteiger partial charge in [-0.15, -0.1) is 10.2 Å². The normalized spacial score (nSPS) is 12.0. The van der Waals surface area contributed by atoms with Crippen LogP contribution in [-0.4, -0.2) is 38.2 Å². The van der Waals surface area contributed by atoms with Crippen molar-refractivity contribution in [3.8, 4) is 5.75 Å². The van der Waals surface area contributed by atoms with E-state index in [4.69, 9.17) is 4.74 Å². The maximum atomic E-state index is 12.5. The second-order valence-corrected chi connectivity index (χ2v) is 8.80. The van der Waals surface area contributed by atoms with Crippen LogP contribution in [0.25, 0.3) is 0 Å². The van der Waals surface area contributed by atoms with E-state index in [1.165, 1.54) is 23.1 Å². The number of hydrogen-bond acceptors (Lipinski definition) is 8. The number of rotatable bonds is 8. The third-order valence-electron chi connectivity index (χ3n) is 3.81. The Morgan fingerprint density at radius 1 is 1.18 bits per heavy atom. The Bertz CT molecular complexity index is 922. The van der Waals surface area contributed by atoms with E-state index in [9.17, 15) is 4.79 Å². The quantitative estimate of drug-likeness (QED) is 0.530. The largest absolute Gasteiger partial charge is 0.497 e. The van der Waals surface area contributed by atoms with Crippen molar-refractivity contribution < 1.29 is 9.53 Å². The molecule has 0 radical (unpaired) electrons. The standard InChI is InChI=1S/C18H22N6O2S2/c1-11(2)24-15(9-10-19-24)21-16(25)12(3)27-18-23-22-17(28-18)20-13-5-7-14(26-4)8-6-13/h5-12H,1-4H3,(H,20,22)(H,21,25)/t12-/m1/s1. The highest BCUT2D eigenvalue weighted by Gasteiger charge is 2.19. The molecule has 2 heterocycles. The number of anilines is 3. The Hall–Kier alpha value is -2.59. The van der Waals surface area contributed by atoms with Crippen molar-refractivity contribution in [1.29, 1.82) is 0 Å². The van der Waals surface area contributed by atoms with E-state index in [-0.39, 0.29) is 17.2 Å². The van der Waals surface area contributed by atoms with Gasteiger partial charge < -0.3 is 15.4 Å². The average molecular weight is 419 g/mol. The highest BCUT2D eigenvalue weighted by Crippen LogP contribution is 2.31. The fraction of sp³-hybridized carbons (Fsp3) is 0.333. The second-order valence-electron chi connectivity index (χ2n) is 6.23. The number of ether oxygens (including phenoxy) is 1. The molecule has 0 saturated heterocycles. The zero-order valence-corrected chi connectivity index (χ0v) is 17.7. The lowest BCUT2D eigenvalue weighted by Crippen LogP contribution is -2.24. The van der Waals surface area contributed by atoms with Crippen molar-refractivity contribution in [2.75, 3.05) is 17.7 Å². The molecular formula is C18H22N6O2S2. The Balaban J connectivity index is 1.57.